The van der Waals surface area contributed by atoms with Gasteiger partial charge in [-0.05, 0) is 17.7 Å². The molecule has 1 amide bonds. The van der Waals surface area contributed by atoms with Gasteiger partial charge in [0.05, 0.1) is 18.9 Å². The molecule has 1 aromatic heterocycles. The molecule has 2 heterocycles. The number of rotatable bonds is 4. The Morgan fingerprint density at radius 2 is 1.93 bits per heavy atom. The van der Waals surface area contributed by atoms with E-state index in [0.717, 1.165) is 12.2 Å². The van der Waals surface area contributed by atoms with Gasteiger partial charge in [0, 0.05) is 31.9 Å². The van der Waals surface area contributed by atoms with Crippen LogP contribution in [0.25, 0.3) is 5.69 Å². The molecule has 0 bridgehead atoms. The standard InChI is InChI=1S/C21H22N4O2/c1-27-20-10-6-5-9-19(20)25-14-17(13-23-25)21(26)24-12-11-22-18(15-24)16-7-3-2-4-8-16/h2-10,13-14,18,22H,11-12,15H2,1H3/t18-/m1/s1. The number of amides is 1. The molecule has 0 spiro atoms. The second-order valence-electron chi connectivity index (χ2n) is 6.51. The molecule has 1 N–H and O–H groups in total. The van der Waals surface area contributed by atoms with E-state index in [1.54, 1.807) is 24.2 Å². The van der Waals surface area contributed by atoms with E-state index in [1.807, 2.05) is 47.4 Å². The number of methoxy groups -OCH3 is 1. The lowest BCUT2D eigenvalue weighted by molar-refractivity contribution is 0.0703. The third-order valence-corrected chi connectivity index (χ3v) is 4.83. The normalized spacial score (nSPS) is 16.9. The SMILES string of the molecule is COc1ccccc1-n1cc(C(=O)N2CCN[C@@H](c3ccccc3)C2)cn1. The molecule has 1 atom stereocenters. The average Bonchev–Trinajstić information content (AvgIpc) is 3.24. The minimum absolute atomic E-state index is 0.00132. The largest absolute Gasteiger partial charge is 0.494 e. The maximum absolute atomic E-state index is 13.0. The lowest BCUT2D eigenvalue weighted by Gasteiger charge is -2.33. The van der Waals surface area contributed by atoms with Gasteiger partial charge in [-0.3, -0.25) is 4.79 Å². The van der Waals surface area contributed by atoms with Crippen molar-refractivity contribution in [3.8, 4) is 11.4 Å². The Morgan fingerprint density at radius 3 is 2.74 bits per heavy atom. The number of aromatic nitrogens is 2. The fourth-order valence-electron chi connectivity index (χ4n) is 3.41. The molecule has 4 rings (SSSR count). The smallest absolute Gasteiger partial charge is 0.257 e. The Hall–Kier alpha value is -3.12. The average molecular weight is 362 g/mol. The lowest BCUT2D eigenvalue weighted by atomic mass is 10.0. The number of nitrogens with zero attached hydrogens (tertiary/aromatic N) is 3. The zero-order valence-electron chi connectivity index (χ0n) is 15.2. The topological polar surface area (TPSA) is 59.4 Å². The highest BCUT2D eigenvalue weighted by molar-refractivity contribution is 5.94. The van der Waals surface area contributed by atoms with E-state index in [4.69, 9.17) is 4.74 Å². The van der Waals surface area contributed by atoms with Crippen molar-refractivity contribution < 1.29 is 9.53 Å². The van der Waals surface area contributed by atoms with Crippen LogP contribution in [-0.4, -0.2) is 47.3 Å². The summed E-state index contributed by atoms with van der Waals surface area (Å²) >= 11 is 0. The van der Waals surface area contributed by atoms with Crippen molar-refractivity contribution in [2.24, 2.45) is 0 Å². The monoisotopic (exact) mass is 362 g/mol. The van der Waals surface area contributed by atoms with Gasteiger partial charge in [0.1, 0.15) is 11.4 Å². The first-order chi connectivity index (χ1) is 13.3. The van der Waals surface area contributed by atoms with Gasteiger partial charge in [-0.25, -0.2) is 4.68 Å². The number of hydrogen-bond acceptors (Lipinski definition) is 4. The maximum atomic E-state index is 13.0. The summed E-state index contributed by atoms with van der Waals surface area (Å²) in [5, 5.41) is 7.85. The van der Waals surface area contributed by atoms with E-state index >= 15 is 0 Å². The molecular weight excluding hydrogens is 340 g/mol. The van der Waals surface area contributed by atoms with Gasteiger partial charge in [0.25, 0.3) is 5.91 Å². The highest BCUT2D eigenvalue weighted by atomic mass is 16.5. The van der Waals surface area contributed by atoms with Crippen LogP contribution in [0.3, 0.4) is 0 Å². The number of benzene rings is 2. The summed E-state index contributed by atoms with van der Waals surface area (Å²) < 4.78 is 7.07. The fourth-order valence-corrected chi connectivity index (χ4v) is 3.41. The summed E-state index contributed by atoms with van der Waals surface area (Å²) in [7, 11) is 1.62. The van der Waals surface area contributed by atoms with Crippen LogP contribution in [0.15, 0.2) is 67.0 Å². The van der Waals surface area contributed by atoms with Crippen LogP contribution < -0.4 is 10.1 Å². The van der Waals surface area contributed by atoms with Crippen LogP contribution in [0.5, 0.6) is 5.75 Å². The summed E-state index contributed by atoms with van der Waals surface area (Å²) in [5.41, 5.74) is 2.58. The van der Waals surface area contributed by atoms with Crippen LogP contribution in [0.2, 0.25) is 0 Å². The van der Waals surface area contributed by atoms with Crippen molar-refractivity contribution >= 4 is 5.91 Å². The maximum Gasteiger partial charge on any atom is 0.257 e. The van der Waals surface area contributed by atoms with Crippen molar-refractivity contribution in [2.75, 3.05) is 26.7 Å². The van der Waals surface area contributed by atoms with E-state index < -0.39 is 0 Å². The number of carbonyl (C=O) groups excluding carboxylic acids is 1. The number of para-hydroxylation sites is 2. The Labute approximate surface area is 158 Å². The first-order valence-electron chi connectivity index (χ1n) is 9.02. The second-order valence-corrected chi connectivity index (χ2v) is 6.51. The molecule has 0 radical (unpaired) electrons. The summed E-state index contributed by atoms with van der Waals surface area (Å²) in [6, 6.07) is 18.0. The van der Waals surface area contributed by atoms with Gasteiger partial charge >= 0.3 is 0 Å². The number of ether oxygens (including phenoxy) is 1. The molecule has 138 valence electrons. The van der Waals surface area contributed by atoms with E-state index in [-0.39, 0.29) is 11.9 Å². The van der Waals surface area contributed by atoms with E-state index in [1.165, 1.54) is 5.56 Å². The lowest BCUT2D eigenvalue weighted by Crippen LogP contribution is -2.48. The molecule has 3 aromatic rings. The van der Waals surface area contributed by atoms with Crippen molar-refractivity contribution in [2.45, 2.75) is 6.04 Å². The minimum atomic E-state index is -0.00132. The summed E-state index contributed by atoms with van der Waals surface area (Å²) in [6.45, 7) is 2.09. The van der Waals surface area contributed by atoms with Crippen LogP contribution in [0, 0.1) is 0 Å². The van der Waals surface area contributed by atoms with Gasteiger partial charge in [0.2, 0.25) is 0 Å². The molecule has 1 aliphatic rings. The molecule has 1 aliphatic heterocycles. The van der Waals surface area contributed by atoms with Gasteiger partial charge in [-0.1, -0.05) is 42.5 Å². The molecule has 2 aromatic carbocycles. The first-order valence-corrected chi connectivity index (χ1v) is 9.02. The van der Waals surface area contributed by atoms with Crippen LogP contribution >= 0.6 is 0 Å². The van der Waals surface area contributed by atoms with E-state index in [0.29, 0.717) is 24.4 Å². The molecule has 0 unspecified atom stereocenters. The third kappa shape index (κ3) is 3.57. The highest BCUT2D eigenvalue weighted by Gasteiger charge is 2.26. The molecule has 0 saturated carbocycles. The Morgan fingerprint density at radius 1 is 1.15 bits per heavy atom. The zero-order chi connectivity index (χ0) is 18.6. The first kappa shape index (κ1) is 17.3. The zero-order valence-corrected chi connectivity index (χ0v) is 15.2. The second kappa shape index (κ2) is 7.63. The number of nitrogens with one attached hydrogen (secondary N) is 1. The quantitative estimate of drug-likeness (QED) is 0.775. The van der Waals surface area contributed by atoms with Crippen LogP contribution in [0.1, 0.15) is 22.0 Å². The predicted octanol–water partition coefficient (Wildman–Crippen LogP) is 2.67. The van der Waals surface area contributed by atoms with Gasteiger partial charge in [0.15, 0.2) is 0 Å². The number of carbonyl (C=O) groups is 1. The van der Waals surface area contributed by atoms with Crippen LogP contribution in [-0.2, 0) is 0 Å². The van der Waals surface area contributed by atoms with Crippen molar-refractivity contribution in [3.63, 3.8) is 0 Å². The summed E-state index contributed by atoms with van der Waals surface area (Å²) in [5.74, 6) is 0.712. The molecule has 1 saturated heterocycles. The fraction of sp³-hybridized carbons (Fsp3) is 0.238. The Kier molecular flexibility index (Phi) is 4.89. The number of piperazine rings is 1. The highest BCUT2D eigenvalue weighted by Crippen LogP contribution is 2.23. The summed E-state index contributed by atoms with van der Waals surface area (Å²) in [4.78, 5) is 14.9. The molecule has 6 heteroatoms. The number of hydrogen-bond donors (Lipinski definition) is 1. The van der Waals surface area contributed by atoms with E-state index in [2.05, 4.69) is 22.5 Å². The van der Waals surface area contributed by atoms with Gasteiger partial charge in [-0.2, -0.15) is 5.10 Å². The molecule has 27 heavy (non-hydrogen) atoms. The molecule has 0 aliphatic carbocycles. The van der Waals surface area contributed by atoms with Gasteiger partial charge < -0.3 is 15.0 Å². The molecular formula is C21H22N4O2. The minimum Gasteiger partial charge on any atom is -0.494 e. The van der Waals surface area contributed by atoms with E-state index in [9.17, 15) is 4.79 Å². The Balaban J connectivity index is 1.52. The van der Waals surface area contributed by atoms with Crippen molar-refractivity contribution in [3.05, 3.63) is 78.1 Å². The van der Waals surface area contributed by atoms with Crippen LogP contribution in [0.4, 0.5) is 0 Å². The van der Waals surface area contributed by atoms with Gasteiger partial charge in [-0.15, -0.1) is 0 Å². The predicted molar refractivity (Wildman–Crippen MR) is 103 cm³/mol. The molecule has 1 fully saturated rings. The van der Waals surface area contributed by atoms with Crippen molar-refractivity contribution in [1.29, 1.82) is 0 Å². The van der Waals surface area contributed by atoms with Crippen molar-refractivity contribution in [1.82, 2.24) is 20.0 Å². The third-order valence-electron chi connectivity index (χ3n) is 4.83. The Bertz CT molecular complexity index is 923. The molecule has 6 nitrogen and oxygen atoms in total. The summed E-state index contributed by atoms with van der Waals surface area (Å²) in [6.07, 6.45) is 3.38.